The Morgan fingerprint density at radius 2 is 2.29 bits per heavy atom. The fourth-order valence-corrected chi connectivity index (χ4v) is 2.15. The lowest BCUT2D eigenvalue weighted by molar-refractivity contribution is 0.109. The van der Waals surface area contributed by atoms with Crippen LogP contribution in [0, 0.1) is 17.2 Å². The number of nitrogens with one attached hydrogen (secondary N) is 1. The first kappa shape index (κ1) is 12.1. The number of hydrogen-bond donors (Lipinski definition) is 1. The van der Waals surface area contributed by atoms with Gasteiger partial charge in [-0.05, 0) is 43.5 Å². The van der Waals surface area contributed by atoms with Crippen LogP contribution in [0.5, 0.6) is 0 Å². The van der Waals surface area contributed by atoms with E-state index in [9.17, 15) is 0 Å². The Kier molecular flexibility index (Phi) is 4.54. The molecule has 0 aromatic heterocycles. The molecule has 90 valence electrons. The standard InChI is InChI=1S/C14H18N2O/c15-9-13-3-1-2-4-14(13)11-17-8-6-12-5-7-16-10-12/h1-4,12,16H,5-8,10-11H2. The smallest absolute Gasteiger partial charge is 0.0995 e. The van der Waals surface area contributed by atoms with Crippen molar-refractivity contribution in [3.8, 4) is 6.07 Å². The highest BCUT2D eigenvalue weighted by Gasteiger charge is 2.13. The van der Waals surface area contributed by atoms with Crippen molar-refractivity contribution in [3.63, 3.8) is 0 Å². The average Bonchev–Trinajstić information content (AvgIpc) is 2.88. The molecular formula is C14H18N2O. The highest BCUT2D eigenvalue weighted by atomic mass is 16.5. The van der Waals surface area contributed by atoms with E-state index in [-0.39, 0.29) is 0 Å². The summed E-state index contributed by atoms with van der Waals surface area (Å²) in [6.07, 6.45) is 2.37. The molecule has 1 atom stereocenters. The molecule has 1 saturated heterocycles. The van der Waals surface area contributed by atoms with Crippen LogP contribution in [-0.4, -0.2) is 19.7 Å². The maximum atomic E-state index is 8.93. The van der Waals surface area contributed by atoms with Gasteiger partial charge in [0.05, 0.1) is 18.2 Å². The summed E-state index contributed by atoms with van der Waals surface area (Å²) >= 11 is 0. The molecule has 1 unspecified atom stereocenters. The monoisotopic (exact) mass is 230 g/mol. The van der Waals surface area contributed by atoms with Gasteiger partial charge in [-0.25, -0.2) is 0 Å². The van der Waals surface area contributed by atoms with E-state index in [0.717, 1.165) is 43.2 Å². The summed E-state index contributed by atoms with van der Waals surface area (Å²) in [5, 5.41) is 12.3. The summed E-state index contributed by atoms with van der Waals surface area (Å²) < 4.78 is 5.65. The Bertz CT molecular complexity index is 391. The Hall–Kier alpha value is -1.37. The highest BCUT2D eigenvalue weighted by Crippen LogP contribution is 2.13. The lowest BCUT2D eigenvalue weighted by Crippen LogP contribution is -2.10. The fourth-order valence-electron chi connectivity index (χ4n) is 2.15. The topological polar surface area (TPSA) is 45.0 Å². The van der Waals surface area contributed by atoms with E-state index in [0.29, 0.717) is 6.61 Å². The van der Waals surface area contributed by atoms with E-state index in [1.54, 1.807) is 0 Å². The van der Waals surface area contributed by atoms with Gasteiger partial charge in [-0.1, -0.05) is 18.2 Å². The van der Waals surface area contributed by atoms with E-state index in [4.69, 9.17) is 10.00 Å². The van der Waals surface area contributed by atoms with Crippen molar-refractivity contribution in [2.75, 3.05) is 19.7 Å². The molecule has 0 aliphatic carbocycles. The van der Waals surface area contributed by atoms with E-state index in [1.807, 2.05) is 24.3 Å². The first-order chi connectivity index (χ1) is 8.40. The fraction of sp³-hybridized carbons (Fsp3) is 0.500. The average molecular weight is 230 g/mol. The van der Waals surface area contributed by atoms with Crippen molar-refractivity contribution in [1.82, 2.24) is 5.32 Å². The molecule has 0 amide bonds. The zero-order valence-electron chi connectivity index (χ0n) is 9.98. The van der Waals surface area contributed by atoms with Gasteiger partial charge in [-0.3, -0.25) is 0 Å². The number of ether oxygens (including phenoxy) is 1. The summed E-state index contributed by atoms with van der Waals surface area (Å²) in [5.41, 5.74) is 1.70. The number of nitrogens with zero attached hydrogens (tertiary/aromatic N) is 1. The molecule has 17 heavy (non-hydrogen) atoms. The molecule has 3 heteroatoms. The van der Waals surface area contributed by atoms with Gasteiger partial charge >= 0.3 is 0 Å². The zero-order valence-corrected chi connectivity index (χ0v) is 9.98. The molecule has 0 bridgehead atoms. The summed E-state index contributed by atoms with van der Waals surface area (Å²) in [5.74, 6) is 0.765. The van der Waals surface area contributed by atoms with Gasteiger partial charge in [0, 0.05) is 6.61 Å². The predicted octanol–water partition coefficient (Wildman–Crippen LogP) is 2.07. The quantitative estimate of drug-likeness (QED) is 0.788. The van der Waals surface area contributed by atoms with Crippen LogP contribution in [-0.2, 0) is 11.3 Å². The Morgan fingerprint density at radius 1 is 1.41 bits per heavy atom. The Labute approximate surface area is 102 Å². The van der Waals surface area contributed by atoms with Crippen molar-refractivity contribution >= 4 is 0 Å². The lowest BCUT2D eigenvalue weighted by atomic mass is 10.1. The van der Waals surface area contributed by atoms with Crippen molar-refractivity contribution < 1.29 is 4.74 Å². The van der Waals surface area contributed by atoms with Gasteiger partial charge in [0.25, 0.3) is 0 Å². The first-order valence-corrected chi connectivity index (χ1v) is 6.16. The molecule has 0 radical (unpaired) electrons. The molecule has 1 fully saturated rings. The Balaban J connectivity index is 1.72. The van der Waals surface area contributed by atoms with Crippen LogP contribution in [0.4, 0.5) is 0 Å². The van der Waals surface area contributed by atoms with Crippen LogP contribution in [0.1, 0.15) is 24.0 Å². The summed E-state index contributed by atoms with van der Waals surface area (Å²) in [6, 6.07) is 9.80. The highest BCUT2D eigenvalue weighted by molar-refractivity contribution is 5.36. The largest absolute Gasteiger partial charge is 0.377 e. The van der Waals surface area contributed by atoms with Crippen molar-refractivity contribution in [2.24, 2.45) is 5.92 Å². The van der Waals surface area contributed by atoms with E-state index < -0.39 is 0 Å². The number of nitriles is 1. The molecule has 1 N–H and O–H groups in total. The van der Waals surface area contributed by atoms with Crippen LogP contribution in [0.15, 0.2) is 24.3 Å². The van der Waals surface area contributed by atoms with E-state index in [2.05, 4.69) is 11.4 Å². The number of hydrogen-bond acceptors (Lipinski definition) is 3. The normalized spacial score (nSPS) is 19.1. The second-order valence-electron chi connectivity index (χ2n) is 4.47. The van der Waals surface area contributed by atoms with Crippen molar-refractivity contribution in [1.29, 1.82) is 5.26 Å². The van der Waals surface area contributed by atoms with Crippen molar-refractivity contribution in [2.45, 2.75) is 19.4 Å². The number of benzene rings is 1. The molecule has 1 heterocycles. The molecule has 1 aromatic carbocycles. The molecule has 0 saturated carbocycles. The lowest BCUT2D eigenvalue weighted by Gasteiger charge is -2.09. The van der Waals surface area contributed by atoms with Crippen LogP contribution in [0.2, 0.25) is 0 Å². The third-order valence-electron chi connectivity index (χ3n) is 3.23. The third kappa shape index (κ3) is 3.55. The van der Waals surface area contributed by atoms with Crippen LogP contribution < -0.4 is 5.32 Å². The van der Waals surface area contributed by atoms with E-state index in [1.165, 1.54) is 6.42 Å². The second-order valence-corrected chi connectivity index (χ2v) is 4.47. The molecule has 0 spiro atoms. The zero-order chi connectivity index (χ0) is 11.9. The van der Waals surface area contributed by atoms with Gasteiger partial charge in [0.15, 0.2) is 0 Å². The second kappa shape index (κ2) is 6.39. The molecule has 1 aliphatic rings. The first-order valence-electron chi connectivity index (χ1n) is 6.16. The van der Waals surface area contributed by atoms with Crippen LogP contribution in [0.25, 0.3) is 0 Å². The minimum absolute atomic E-state index is 0.546. The maximum absolute atomic E-state index is 8.93. The SMILES string of the molecule is N#Cc1ccccc1COCCC1CCNC1. The van der Waals surface area contributed by atoms with Crippen LogP contribution in [0.3, 0.4) is 0 Å². The van der Waals surface area contributed by atoms with Gasteiger partial charge in [-0.2, -0.15) is 5.26 Å². The van der Waals surface area contributed by atoms with Crippen LogP contribution >= 0.6 is 0 Å². The van der Waals surface area contributed by atoms with Gasteiger partial charge < -0.3 is 10.1 Å². The third-order valence-corrected chi connectivity index (χ3v) is 3.23. The van der Waals surface area contributed by atoms with Gasteiger partial charge in [0.1, 0.15) is 0 Å². The van der Waals surface area contributed by atoms with Gasteiger partial charge in [0.2, 0.25) is 0 Å². The Morgan fingerprint density at radius 3 is 3.06 bits per heavy atom. The molecule has 1 aromatic rings. The minimum Gasteiger partial charge on any atom is -0.377 e. The number of rotatable bonds is 5. The molecule has 3 nitrogen and oxygen atoms in total. The maximum Gasteiger partial charge on any atom is 0.0995 e. The summed E-state index contributed by atoms with van der Waals surface area (Å²) in [6.45, 7) is 3.59. The van der Waals surface area contributed by atoms with E-state index >= 15 is 0 Å². The molecule has 2 rings (SSSR count). The van der Waals surface area contributed by atoms with Gasteiger partial charge in [-0.15, -0.1) is 0 Å². The summed E-state index contributed by atoms with van der Waals surface area (Å²) in [7, 11) is 0. The molecular weight excluding hydrogens is 212 g/mol. The predicted molar refractivity (Wildman–Crippen MR) is 66.4 cm³/mol. The minimum atomic E-state index is 0.546. The summed E-state index contributed by atoms with van der Waals surface area (Å²) in [4.78, 5) is 0. The van der Waals surface area contributed by atoms with Crippen molar-refractivity contribution in [3.05, 3.63) is 35.4 Å². The molecule has 1 aliphatic heterocycles.